The Labute approximate surface area is 194 Å². The van der Waals surface area contributed by atoms with Crippen molar-refractivity contribution in [2.75, 3.05) is 6.61 Å². The van der Waals surface area contributed by atoms with Crippen LogP contribution >= 0.6 is 0 Å². The molecule has 0 amide bonds. The van der Waals surface area contributed by atoms with Crippen LogP contribution in [-0.2, 0) is 24.6 Å². The predicted molar refractivity (Wildman–Crippen MR) is 131 cm³/mol. The lowest BCUT2D eigenvalue weighted by Gasteiger charge is -2.16. The molecule has 10 heteroatoms. The molecule has 0 atom stereocenters. The summed E-state index contributed by atoms with van der Waals surface area (Å²) in [6.45, 7) is 11.1. The molecule has 0 N–H and O–H groups in total. The van der Waals surface area contributed by atoms with E-state index in [9.17, 15) is 4.79 Å². The van der Waals surface area contributed by atoms with Crippen LogP contribution in [-0.4, -0.2) is 48.5 Å². The van der Waals surface area contributed by atoms with Crippen LogP contribution in [0, 0.1) is 0 Å². The zero-order chi connectivity index (χ0) is 23.4. The van der Waals surface area contributed by atoms with Gasteiger partial charge in [0.25, 0.3) is 5.56 Å². The number of nitrogens with zero attached hydrogens (tertiary/aromatic N) is 7. The van der Waals surface area contributed by atoms with Gasteiger partial charge < -0.3 is 4.74 Å². The fourth-order valence-corrected chi connectivity index (χ4v) is 4.34. The number of ether oxygens (including phenoxy) is 1. The predicted octanol–water partition coefficient (Wildman–Crippen LogP) is 3.62. The van der Waals surface area contributed by atoms with Gasteiger partial charge in [-0.25, -0.2) is 9.97 Å². The number of aryl methyl sites for hydroxylation is 1. The molecule has 0 radical (unpaired) electrons. The number of fused-ring (bicyclic) bond motifs is 1. The highest BCUT2D eigenvalue weighted by Crippen LogP contribution is 2.22. The molecule has 33 heavy (non-hydrogen) atoms. The molecule has 0 aliphatic rings. The van der Waals surface area contributed by atoms with Crippen molar-refractivity contribution in [3.63, 3.8) is 0 Å². The lowest BCUT2D eigenvalue weighted by Crippen LogP contribution is -2.24. The van der Waals surface area contributed by atoms with Gasteiger partial charge in [0.1, 0.15) is 18.9 Å². The van der Waals surface area contributed by atoms with Gasteiger partial charge in [0.15, 0.2) is 11.2 Å². The summed E-state index contributed by atoms with van der Waals surface area (Å²) in [5.74, 6) is 0.634. The van der Waals surface area contributed by atoms with Crippen molar-refractivity contribution in [3.05, 3.63) is 59.2 Å². The molecular weight excluding hydrogens is 434 g/mol. The van der Waals surface area contributed by atoms with Crippen molar-refractivity contribution in [2.45, 2.75) is 58.9 Å². The van der Waals surface area contributed by atoms with Gasteiger partial charge in [-0.1, -0.05) is 32.6 Å². The third-order valence-corrected chi connectivity index (χ3v) is 7.08. The molecule has 0 aliphatic heterocycles. The molecule has 4 aromatic heterocycles. The lowest BCUT2D eigenvalue weighted by molar-refractivity contribution is 0.0908. The first kappa shape index (κ1) is 23.1. The monoisotopic (exact) mass is 465 g/mol. The lowest BCUT2D eigenvalue weighted by atomic mass is 10.3. The fraction of sp³-hybridized carbons (Fsp3) is 0.435. The molecule has 4 aromatic rings. The molecular formula is C23H31N7O2Si. The van der Waals surface area contributed by atoms with Gasteiger partial charge in [0.05, 0.1) is 18.3 Å². The molecule has 9 nitrogen and oxygen atoms in total. The molecule has 0 bridgehead atoms. The molecule has 0 saturated carbocycles. The van der Waals surface area contributed by atoms with Gasteiger partial charge in [-0.05, 0) is 24.1 Å². The minimum atomic E-state index is -1.22. The zero-order valence-corrected chi connectivity index (χ0v) is 20.7. The maximum Gasteiger partial charge on any atom is 0.279 e. The SMILES string of the molecule is CCCn1cnc2nc(-c3cnn(Cc4cccnc4)c3)n(COCC[Si](C)(C)C)c2c1=O. The molecule has 0 spiro atoms. The normalized spacial score (nSPS) is 12.0. The third-order valence-electron chi connectivity index (χ3n) is 5.37. The van der Waals surface area contributed by atoms with Crippen LogP contribution in [0.15, 0.2) is 48.0 Å². The van der Waals surface area contributed by atoms with Crippen LogP contribution < -0.4 is 5.56 Å². The van der Waals surface area contributed by atoms with Crippen molar-refractivity contribution in [1.29, 1.82) is 0 Å². The Hall–Kier alpha value is -3.11. The van der Waals surface area contributed by atoms with Crippen molar-refractivity contribution in [2.24, 2.45) is 0 Å². The zero-order valence-electron chi connectivity index (χ0n) is 19.7. The summed E-state index contributed by atoms with van der Waals surface area (Å²) in [6.07, 6.45) is 9.69. The largest absolute Gasteiger partial charge is 0.361 e. The van der Waals surface area contributed by atoms with E-state index in [0.717, 1.165) is 23.6 Å². The Bertz CT molecular complexity index is 1270. The summed E-state index contributed by atoms with van der Waals surface area (Å²) in [6, 6.07) is 4.97. The van der Waals surface area contributed by atoms with E-state index in [1.807, 2.05) is 40.7 Å². The quantitative estimate of drug-likeness (QED) is 0.262. The fourth-order valence-electron chi connectivity index (χ4n) is 3.58. The summed E-state index contributed by atoms with van der Waals surface area (Å²) in [5.41, 5.74) is 2.66. The van der Waals surface area contributed by atoms with E-state index in [1.165, 1.54) is 0 Å². The highest BCUT2D eigenvalue weighted by atomic mass is 28.3. The van der Waals surface area contributed by atoms with Crippen LogP contribution in [0.1, 0.15) is 18.9 Å². The van der Waals surface area contributed by atoms with Crippen molar-refractivity contribution >= 4 is 19.2 Å². The van der Waals surface area contributed by atoms with Gasteiger partial charge in [-0.2, -0.15) is 5.10 Å². The summed E-state index contributed by atoms with van der Waals surface area (Å²) in [4.78, 5) is 26.5. The topological polar surface area (TPSA) is 92.7 Å². The van der Waals surface area contributed by atoms with E-state index in [1.54, 1.807) is 23.3 Å². The Kier molecular flexibility index (Phi) is 6.85. The van der Waals surface area contributed by atoms with E-state index in [0.29, 0.717) is 36.7 Å². The number of aromatic nitrogens is 7. The average molecular weight is 466 g/mol. The van der Waals surface area contributed by atoms with Crippen molar-refractivity contribution < 1.29 is 4.74 Å². The van der Waals surface area contributed by atoms with Gasteiger partial charge in [-0.3, -0.25) is 23.6 Å². The Balaban J connectivity index is 1.69. The highest BCUT2D eigenvalue weighted by Gasteiger charge is 2.20. The molecule has 4 rings (SSSR count). The molecule has 4 heterocycles. The number of imidazole rings is 1. The number of hydrogen-bond donors (Lipinski definition) is 0. The first-order valence-corrected chi connectivity index (χ1v) is 15.0. The van der Waals surface area contributed by atoms with E-state index < -0.39 is 8.07 Å². The Morgan fingerprint density at radius 1 is 1.18 bits per heavy atom. The van der Waals surface area contributed by atoms with Crippen molar-refractivity contribution in [3.8, 4) is 11.4 Å². The van der Waals surface area contributed by atoms with Crippen LogP contribution in [0.5, 0.6) is 0 Å². The van der Waals surface area contributed by atoms with Crippen LogP contribution in [0.4, 0.5) is 0 Å². The standard InChI is InChI=1S/C23H31N7O2Si/c1-5-9-28-16-25-21-20(23(28)31)30(17-32-10-11-33(2,3)4)22(27-21)19-13-26-29(15-19)14-18-7-6-8-24-12-18/h6-8,12-13,15-16H,5,9-11,14,17H2,1-4H3. The van der Waals surface area contributed by atoms with E-state index >= 15 is 0 Å². The molecule has 0 unspecified atom stereocenters. The first-order chi connectivity index (χ1) is 15.9. The molecule has 0 aromatic carbocycles. The maximum absolute atomic E-state index is 13.2. The average Bonchev–Trinajstić information content (AvgIpc) is 3.38. The number of rotatable bonds is 10. The molecule has 0 saturated heterocycles. The summed E-state index contributed by atoms with van der Waals surface area (Å²) in [7, 11) is -1.22. The molecule has 0 aliphatic carbocycles. The second kappa shape index (κ2) is 9.80. The van der Waals surface area contributed by atoms with E-state index in [2.05, 4.69) is 34.7 Å². The minimum absolute atomic E-state index is 0.0999. The summed E-state index contributed by atoms with van der Waals surface area (Å²) < 4.78 is 11.3. The molecule has 174 valence electrons. The van der Waals surface area contributed by atoms with Gasteiger partial charge >= 0.3 is 0 Å². The number of pyridine rings is 1. The van der Waals surface area contributed by atoms with Crippen LogP contribution in [0.2, 0.25) is 25.7 Å². The van der Waals surface area contributed by atoms with Crippen molar-refractivity contribution in [1.82, 2.24) is 33.9 Å². The van der Waals surface area contributed by atoms with Gasteiger partial charge in [-0.15, -0.1) is 0 Å². The second-order valence-electron chi connectivity index (χ2n) is 9.41. The second-order valence-corrected chi connectivity index (χ2v) is 15.0. The van der Waals surface area contributed by atoms with Crippen LogP contribution in [0.3, 0.4) is 0 Å². The maximum atomic E-state index is 13.2. The first-order valence-electron chi connectivity index (χ1n) is 11.3. The smallest absolute Gasteiger partial charge is 0.279 e. The van der Waals surface area contributed by atoms with E-state index in [-0.39, 0.29) is 12.3 Å². The Morgan fingerprint density at radius 2 is 2.03 bits per heavy atom. The van der Waals surface area contributed by atoms with Gasteiger partial charge in [0.2, 0.25) is 0 Å². The third kappa shape index (κ3) is 5.45. The Morgan fingerprint density at radius 3 is 2.76 bits per heavy atom. The molecule has 0 fully saturated rings. The minimum Gasteiger partial charge on any atom is -0.361 e. The van der Waals surface area contributed by atoms with E-state index in [4.69, 9.17) is 9.72 Å². The van der Waals surface area contributed by atoms with Gasteiger partial charge in [0, 0.05) is 39.8 Å². The number of hydrogen-bond acceptors (Lipinski definition) is 6. The van der Waals surface area contributed by atoms with Crippen LogP contribution in [0.25, 0.3) is 22.6 Å². The summed E-state index contributed by atoms with van der Waals surface area (Å²) >= 11 is 0. The highest BCUT2D eigenvalue weighted by molar-refractivity contribution is 6.76. The summed E-state index contributed by atoms with van der Waals surface area (Å²) in [5, 5.41) is 4.49.